The molecule has 0 amide bonds. The standard InChI is InChI=1S/C20H26N6O2S.C19H22FN5O2S.C18H22N6O2S.C17H21N7O2S.C17H22N4O3S/c1-5-18-21-15-8-6-7-9-16(15)26(18)20-22-17(24-29(3,4)27)12-19(23-20)25-10-11-28-13-14(25)2;1-12-11-27-5-4-25(12)18-8-17(24-28(2,3)26)22-19(23-18)15-7-14(20)6-13-9-21-10-16(13)15;1-13-11-26-9-8-23(13)17-10-16(22-27(2,3)25)20-18(21-17)24-12-19-14-6-4-5-7-15(14)24;1-12-11-26-9-8-23(12)16-10-15(21-27(2,3)25)18-17(19-16)24-14-7-5-4-6-13(14)20-22-24;1-12-11-24-8-7-21(12)16-10-15(20-25(2,3)23)18-17(19-16)13-5-4-6-14(22)9-13/h6-9,12,14H,5,10-11,13H2,1-4H3;6-8,10,12H,4-5,9,11H2,1-3H3;4-7,10,12-13H,8-9,11H2,1-3H3;4-7,10,12H,8-9,11H2,1-3H3;4-6,9-10,12,22H,7-8,11H2,1-3H3/t14-;12-;13-;2*12-/m11111/s1. The minimum atomic E-state index is -2.42. The Kier molecular flexibility index (Phi) is 30.5. The van der Waals surface area contributed by atoms with Gasteiger partial charge in [-0.1, -0.05) is 60.7 Å². The molecule has 13 aromatic rings. The highest BCUT2D eigenvalue weighted by atomic mass is 32.2. The van der Waals surface area contributed by atoms with Gasteiger partial charge in [0.05, 0.1) is 130 Å². The van der Waals surface area contributed by atoms with Crippen LogP contribution in [0.3, 0.4) is 0 Å². The van der Waals surface area contributed by atoms with Crippen molar-refractivity contribution in [1.29, 1.82) is 0 Å². The van der Waals surface area contributed by atoms with E-state index >= 15 is 0 Å². The monoisotopic (exact) mass is 1950 g/mol. The molecule has 0 spiro atoms. The molecule has 5 aromatic carbocycles. The van der Waals surface area contributed by atoms with Crippen LogP contribution in [-0.4, -0.2) is 308 Å². The van der Waals surface area contributed by atoms with E-state index in [-0.39, 0.29) is 41.8 Å². The minimum absolute atomic E-state index is 0.122. The third-order valence-corrected chi connectivity index (χ3v) is 24.9. The lowest BCUT2D eigenvalue weighted by Crippen LogP contribution is -2.44. The van der Waals surface area contributed by atoms with E-state index in [4.69, 9.17) is 48.6 Å². The van der Waals surface area contributed by atoms with Gasteiger partial charge in [0.15, 0.2) is 40.7 Å². The maximum atomic E-state index is 14.2. The van der Waals surface area contributed by atoms with Crippen LogP contribution < -0.4 is 24.5 Å². The number of nitrogens with zero attached hydrogens (tertiary/aromatic N) is 28. The average Bonchev–Trinajstić information content (AvgIpc) is 1.63. The van der Waals surface area contributed by atoms with Crippen LogP contribution in [0.15, 0.2) is 173 Å². The molecule has 0 saturated carbocycles. The van der Waals surface area contributed by atoms with Crippen LogP contribution >= 0.6 is 0 Å². The van der Waals surface area contributed by atoms with Crippen LogP contribution in [0.5, 0.6) is 5.75 Å². The zero-order chi connectivity index (χ0) is 96.5. The lowest BCUT2D eigenvalue weighted by molar-refractivity contribution is 0.0985. The molecule has 14 heterocycles. The van der Waals surface area contributed by atoms with Crippen LogP contribution in [0.25, 0.3) is 73.7 Å². The Morgan fingerprint density at radius 3 is 1.27 bits per heavy atom. The molecule has 5 fully saturated rings. The Bertz CT molecular complexity index is 7110. The predicted molar refractivity (Wildman–Crippen MR) is 534 cm³/mol. The Balaban J connectivity index is 0.000000129. The van der Waals surface area contributed by atoms with E-state index < -0.39 is 48.6 Å². The third-order valence-electron chi connectivity index (χ3n) is 21.8. The van der Waals surface area contributed by atoms with E-state index in [9.17, 15) is 30.5 Å². The second-order valence-electron chi connectivity index (χ2n) is 34.8. The van der Waals surface area contributed by atoms with Gasteiger partial charge in [-0.25, -0.2) is 55.3 Å². The number of anilines is 5. The van der Waals surface area contributed by atoms with Crippen LogP contribution in [0.4, 0.5) is 62.6 Å². The molecule has 5 atom stereocenters. The summed E-state index contributed by atoms with van der Waals surface area (Å²) in [6.45, 7) is 22.7. The number of aryl methyl sites for hydroxylation is 1. The summed E-state index contributed by atoms with van der Waals surface area (Å²) < 4.78 is 130. The number of rotatable bonds is 16. The number of hydrogen-bond acceptors (Lipinski definition) is 36. The molecule has 19 rings (SSSR count). The second-order valence-corrected chi connectivity index (χ2v) is 47.5. The summed E-state index contributed by atoms with van der Waals surface area (Å²) in [6, 6.07) is 42.6. The molecule has 1 N–H and O–H groups in total. The number of halogens is 1. The van der Waals surface area contributed by atoms with Gasteiger partial charge in [-0.05, 0) is 101 Å². The average molecular weight is 1950 g/mol. The highest BCUT2D eigenvalue weighted by molar-refractivity contribution is 7.93. The van der Waals surface area contributed by atoms with Gasteiger partial charge in [-0.15, -0.1) is 5.10 Å². The molecule has 0 bridgehead atoms. The zero-order valence-corrected chi connectivity index (χ0v) is 82.9. The van der Waals surface area contributed by atoms with E-state index in [1.165, 1.54) is 12.1 Å². The first-order valence-electron chi connectivity index (χ1n) is 44.1. The van der Waals surface area contributed by atoms with Gasteiger partial charge in [0.1, 0.15) is 58.3 Å². The molecule has 5 saturated heterocycles. The maximum absolute atomic E-state index is 14.2. The molecule has 6 aliphatic heterocycles. The Morgan fingerprint density at radius 2 is 0.809 bits per heavy atom. The number of phenolic OH excluding ortho intramolecular Hbond substituents is 1. The summed E-state index contributed by atoms with van der Waals surface area (Å²) in [6.07, 6.45) is 20.0. The molecule has 0 radical (unpaired) electrons. The molecule has 720 valence electrons. The predicted octanol–water partition coefficient (Wildman–Crippen LogP) is 12.4. The number of aromatic nitrogens is 17. The number of phenols is 1. The van der Waals surface area contributed by atoms with Crippen molar-refractivity contribution in [3.8, 4) is 46.4 Å². The number of imidazole rings is 2. The van der Waals surface area contributed by atoms with E-state index in [1.54, 1.807) is 122 Å². The number of hydrogen-bond donors (Lipinski definition) is 1. The van der Waals surface area contributed by atoms with Crippen molar-refractivity contribution < 1.29 is 54.2 Å². The number of ether oxygens (including phenoxy) is 5. The Hall–Kier alpha value is -12.2. The number of benzene rings is 5. The van der Waals surface area contributed by atoms with Crippen molar-refractivity contribution in [1.82, 2.24) is 83.9 Å². The van der Waals surface area contributed by atoms with Crippen molar-refractivity contribution in [2.24, 2.45) is 26.8 Å². The highest BCUT2D eigenvalue weighted by Gasteiger charge is 2.31. The topological polar surface area (TPSA) is 437 Å². The van der Waals surface area contributed by atoms with Crippen molar-refractivity contribution in [3.63, 3.8) is 0 Å². The fourth-order valence-corrected chi connectivity index (χ4v) is 18.5. The zero-order valence-electron chi connectivity index (χ0n) is 78.8. The Labute approximate surface area is 791 Å². The first-order valence-corrected chi connectivity index (χ1v) is 55.8. The van der Waals surface area contributed by atoms with Crippen LogP contribution in [0.2, 0.25) is 0 Å². The van der Waals surface area contributed by atoms with Crippen LogP contribution in [-0.2, 0) is 85.3 Å². The number of aromatic hydroxyl groups is 1. The highest BCUT2D eigenvalue weighted by Crippen LogP contribution is 2.36. The van der Waals surface area contributed by atoms with Crippen molar-refractivity contribution in [2.75, 3.05) is 186 Å². The summed E-state index contributed by atoms with van der Waals surface area (Å²) in [5, 5.41) is 18.1. The summed E-state index contributed by atoms with van der Waals surface area (Å²) in [7, 11) is -11.9. The molecule has 0 aliphatic carbocycles. The lowest BCUT2D eigenvalue weighted by Gasteiger charge is -2.34. The van der Waals surface area contributed by atoms with Crippen molar-refractivity contribution in [2.45, 2.75) is 84.7 Å². The quantitative estimate of drug-likeness (QED) is 0.0938. The number of morpholine rings is 5. The maximum Gasteiger partial charge on any atom is 0.256 e. The Morgan fingerprint density at radius 1 is 0.412 bits per heavy atom. The van der Waals surface area contributed by atoms with Gasteiger partial charge in [-0.3, -0.25) is 14.1 Å². The van der Waals surface area contributed by atoms with Gasteiger partial charge >= 0.3 is 0 Å². The fourth-order valence-electron chi connectivity index (χ4n) is 15.8. The third kappa shape index (κ3) is 25.3. The number of para-hydroxylation sites is 5. The molecule has 0 unspecified atom stereocenters. The first-order chi connectivity index (χ1) is 64.8. The molecule has 45 heteroatoms. The number of aliphatic imine (C=N–C) groups is 1. The van der Waals surface area contributed by atoms with Gasteiger partial charge in [0.2, 0.25) is 11.9 Å². The summed E-state index contributed by atoms with van der Waals surface area (Å²) in [5.74, 6) is 8.21. The van der Waals surface area contributed by atoms with E-state index in [2.05, 4.69) is 131 Å². The lowest BCUT2D eigenvalue weighted by atomic mass is 10.0. The van der Waals surface area contributed by atoms with E-state index in [0.29, 0.717) is 179 Å². The van der Waals surface area contributed by atoms with Gasteiger partial charge in [0, 0.05) is 204 Å². The van der Waals surface area contributed by atoms with Crippen molar-refractivity contribution >= 4 is 146 Å². The minimum Gasteiger partial charge on any atom is -0.508 e. The van der Waals surface area contributed by atoms with Gasteiger partial charge in [0.25, 0.3) is 5.95 Å². The van der Waals surface area contributed by atoms with Gasteiger partial charge < -0.3 is 53.3 Å². The summed E-state index contributed by atoms with van der Waals surface area (Å²) in [4.78, 5) is 70.4. The molecule has 8 aromatic heterocycles. The normalized spacial score (nSPS) is 18.2. The largest absolute Gasteiger partial charge is 0.508 e. The van der Waals surface area contributed by atoms with Gasteiger partial charge in [-0.2, -0.15) is 56.4 Å². The summed E-state index contributed by atoms with van der Waals surface area (Å²) >= 11 is 0. The second kappa shape index (κ2) is 42.2. The first kappa shape index (κ1) is 98.3. The molecule has 39 nitrogen and oxygen atoms in total. The van der Waals surface area contributed by atoms with Crippen LogP contribution in [0, 0.1) is 5.82 Å². The smallest absolute Gasteiger partial charge is 0.256 e. The van der Waals surface area contributed by atoms with E-state index in [0.717, 1.165) is 81.2 Å². The van der Waals surface area contributed by atoms with E-state index in [1.807, 2.05) is 101 Å². The fraction of sp³-hybridized carbons (Fsp3) is 0.418. The van der Waals surface area contributed by atoms with Crippen LogP contribution in [0.1, 0.15) is 58.5 Å². The number of fused-ring (bicyclic) bond motifs is 4. The molecule has 6 aliphatic rings. The van der Waals surface area contributed by atoms with Crippen molar-refractivity contribution in [3.05, 3.63) is 169 Å². The SMILES string of the molecule is CCc1nc2ccccc2n1-c1nc(N=S(C)(C)=O)cc(N2CCOC[C@H]2C)n1.C[C@@H]1COCCN1c1cc(N=S(C)(C)=O)nc(-c2cc(F)cc3c2C=NC3)n1.C[C@@H]1COCCN1c1cc(N=S(C)(C)=O)nc(-c2cccc(O)c2)n1.C[C@@H]1COCCN1c1cc(N=S(C)(C)=O)nc(-n2cnc3ccccc32)n1.C[C@@H]1COCCN1c1cc(N=S(C)(C)=O)nc(-n2nnc3ccccc32)n1. The molecule has 136 heavy (non-hydrogen) atoms. The molecular formula is C91H113FN28O11S5. The molecular weight excluding hydrogens is 1840 g/mol. The summed E-state index contributed by atoms with van der Waals surface area (Å²) in [5.41, 5.74) is 8.01.